The van der Waals surface area contributed by atoms with E-state index in [2.05, 4.69) is 5.32 Å². The van der Waals surface area contributed by atoms with Crippen molar-refractivity contribution >= 4 is 5.91 Å². The van der Waals surface area contributed by atoms with Crippen molar-refractivity contribution in [3.63, 3.8) is 0 Å². The lowest BCUT2D eigenvalue weighted by Gasteiger charge is -2.30. The van der Waals surface area contributed by atoms with Crippen LogP contribution >= 0.6 is 0 Å². The average molecular weight is 255 g/mol. The average Bonchev–Trinajstić information content (AvgIpc) is 2.78. The van der Waals surface area contributed by atoms with E-state index in [1.807, 2.05) is 0 Å². The highest BCUT2D eigenvalue weighted by atomic mass is 16.6. The second-order valence-corrected chi connectivity index (χ2v) is 4.96. The molecule has 0 spiro atoms. The van der Waals surface area contributed by atoms with E-state index in [1.54, 1.807) is 14.0 Å². The Balaban J connectivity index is 2.05. The Hall–Kier alpha value is -1.23. The molecule has 0 aromatic carbocycles. The van der Waals surface area contributed by atoms with Crippen LogP contribution in [0.15, 0.2) is 11.5 Å². The molecule has 0 aromatic heterocycles. The van der Waals surface area contributed by atoms with E-state index in [1.165, 1.54) is 0 Å². The summed E-state index contributed by atoms with van der Waals surface area (Å²) in [5, 5.41) is 3.07. The van der Waals surface area contributed by atoms with Crippen molar-refractivity contribution in [3.05, 3.63) is 11.5 Å². The van der Waals surface area contributed by atoms with Gasteiger partial charge in [0, 0.05) is 7.11 Å². The summed E-state index contributed by atoms with van der Waals surface area (Å²) in [6, 6.07) is 0. The fourth-order valence-corrected chi connectivity index (χ4v) is 2.66. The molecule has 2 aliphatic rings. The number of ether oxygens (including phenoxy) is 3. The molecule has 1 aliphatic carbocycles. The molecule has 1 N–H and O–H groups in total. The summed E-state index contributed by atoms with van der Waals surface area (Å²) in [6.07, 6.45) is 4.16. The monoisotopic (exact) mass is 255 g/mol. The molecular weight excluding hydrogens is 234 g/mol. The summed E-state index contributed by atoms with van der Waals surface area (Å²) in [7, 11) is 1.66. The Morgan fingerprint density at radius 3 is 2.61 bits per heavy atom. The normalized spacial score (nSPS) is 22.3. The SMILES string of the molecule is COCC1(NC(=O)C2=C(C)OCCO2)CCCC1. The zero-order valence-electron chi connectivity index (χ0n) is 11.1. The summed E-state index contributed by atoms with van der Waals surface area (Å²) >= 11 is 0. The number of methoxy groups -OCH3 is 1. The summed E-state index contributed by atoms with van der Waals surface area (Å²) in [5.41, 5.74) is -0.236. The van der Waals surface area contributed by atoms with Crippen LogP contribution in [0, 0.1) is 0 Å². The fourth-order valence-electron chi connectivity index (χ4n) is 2.66. The molecule has 1 fully saturated rings. The molecule has 0 atom stereocenters. The third-order valence-electron chi connectivity index (χ3n) is 3.53. The smallest absolute Gasteiger partial charge is 0.290 e. The van der Waals surface area contributed by atoms with Crippen LogP contribution in [0.4, 0.5) is 0 Å². The Kier molecular flexibility index (Phi) is 4.11. The van der Waals surface area contributed by atoms with Gasteiger partial charge in [0.1, 0.15) is 19.0 Å². The molecular formula is C13H21NO4. The van der Waals surface area contributed by atoms with Crippen molar-refractivity contribution in [2.45, 2.75) is 38.1 Å². The lowest BCUT2D eigenvalue weighted by atomic mass is 9.98. The molecule has 1 amide bonds. The number of rotatable bonds is 4. The van der Waals surface area contributed by atoms with Crippen LogP contribution in [-0.4, -0.2) is 38.4 Å². The summed E-state index contributed by atoms with van der Waals surface area (Å²) in [5.74, 6) is 0.680. The zero-order chi connectivity index (χ0) is 13.0. The lowest BCUT2D eigenvalue weighted by molar-refractivity contribution is -0.125. The quantitative estimate of drug-likeness (QED) is 0.823. The minimum absolute atomic E-state index is 0.189. The Bertz CT molecular complexity index is 345. The first-order chi connectivity index (χ1) is 8.67. The number of amides is 1. The molecule has 0 saturated heterocycles. The number of carbonyl (C=O) groups excluding carboxylic acids is 1. The topological polar surface area (TPSA) is 56.8 Å². The van der Waals surface area contributed by atoms with Gasteiger partial charge in [0.2, 0.25) is 5.76 Å². The van der Waals surface area contributed by atoms with Gasteiger partial charge in [-0.25, -0.2) is 0 Å². The molecule has 0 bridgehead atoms. The second kappa shape index (κ2) is 5.61. The van der Waals surface area contributed by atoms with E-state index in [-0.39, 0.29) is 11.4 Å². The number of hydrogen-bond acceptors (Lipinski definition) is 4. The molecule has 102 valence electrons. The van der Waals surface area contributed by atoms with Gasteiger partial charge >= 0.3 is 0 Å². The van der Waals surface area contributed by atoms with Gasteiger partial charge in [-0.2, -0.15) is 0 Å². The van der Waals surface area contributed by atoms with Crippen molar-refractivity contribution < 1.29 is 19.0 Å². The molecule has 0 unspecified atom stereocenters. The first kappa shape index (κ1) is 13.2. The first-order valence-corrected chi connectivity index (χ1v) is 6.45. The van der Waals surface area contributed by atoms with Gasteiger partial charge in [0.25, 0.3) is 5.91 Å². The molecule has 1 saturated carbocycles. The van der Waals surface area contributed by atoms with Gasteiger partial charge in [-0.15, -0.1) is 0 Å². The molecule has 1 aliphatic heterocycles. The number of allylic oxidation sites excluding steroid dienone is 1. The fraction of sp³-hybridized carbons (Fsp3) is 0.769. The van der Waals surface area contributed by atoms with Crippen LogP contribution in [-0.2, 0) is 19.0 Å². The van der Waals surface area contributed by atoms with E-state index in [0.29, 0.717) is 31.3 Å². The van der Waals surface area contributed by atoms with E-state index in [4.69, 9.17) is 14.2 Å². The Morgan fingerprint density at radius 2 is 2.00 bits per heavy atom. The van der Waals surface area contributed by atoms with Gasteiger partial charge in [0.15, 0.2) is 0 Å². The molecule has 0 radical (unpaired) electrons. The van der Waals surface area contributed by atoms with E-state index < -0.39 is 0 Å². The molecule has 0 aromatic rings. The minimum Gasteiger partial charge on any atom is -0.491 e. The van der Waals surface area contributed by atoms with Crippen molar-refractivity contribution in [1.29, 1.82) is 0 Å². The predicted molar refractivity (Wildman–Crippen MR) is 65.8 cm³/mol. The zero-order valence-corrected chi connectivity index (χ0v) is 11.1. The van der Waals surface area contributed by atoms with Gasteiger partial charge < -0.3 is 19.5 Å². The van der Waals surface area contributed by atoms with Crippen LogP contribution in [0.5, 0.6) is 0 Å². The first-order valence-electron chi connectivity index (χ1n) is 6.45. The van der Waals surface area contributed by atoms with Gasteiger partial charge in [-0.3, -0.25) is 4.79 Å². The Labute approximate surface area is 107 Å². The number of nitrogens with one attached hydrogen (secondary N) is 1. The largest absolute Gasteiger partial charge is 0.491 e. The lowest BCUT2D eigenvalue weighted by Crippen LogP contribution is -2.50. The van der Waals surface area contributed by atoms with Crippen LogP contribution in [0.25, 0.3) is 0 Å². The maximum absolute atomic E-state index is 12.2. The van der Waals surface area contributed by atoms with Crippen LogP contribution < -0.4 is 5.32 Å². The van der Waals surface area contributed by atoms with Crippen LogP contribution in [0.3, 0.4) is 0 Å². The third kappa shape index (κ3) is 2.77. The van der Waals surface area contributed by atoms with Gasteiger partial charge in [0.05, 0.1) is 12.1 Å². The highest BCUT2D eigenvalue weighted by Gasteiger charge is 2.37. The maximum Gasteiger partial charge on any atom is 0.290 e. The van der Waals surface area contributed by atoms with E-state index in [9.17, 15) is 4.79 Å². The van der Waals surface area contributed by atoms with Crippen molar-refractivity contribution in [2.24, 2.45) is 0 Å². The summed E-state index contributed by atoms with van der Waals surface area (Å²) in [6.45, 7) is 3.24. The van der Waals surface area contributed by atoms with E-state index >= 15 is 0 Å². The highest BCUT2D eigenvalue weighted by molar-refractivity contribution is 5.92. The number of hydrogen-bond donors (Lipinski definition) is 1. The Morgan fingerprint density at radius 1 is 1.33 bits per heavy atom. The van der Waals surface area contributed by atoms with Crippen LogP contribution in [0.2, 0.25) is 0 Å². The van der Waals surface area contributed by atoms with Crippen molar-refractivity contribution in [1.82, 2.24) is 5.32 Å². The highest BCUT2D eigenvalue weighted by Crippen LogP contribution is 2.30. The summed E-state index contributed by atoms with van der Waals surface area (Å²) < 4.78 is 16.0. The second-order valence-electron chi connectivity index (χ2n) is 4.96. The predicted octanol–water partition coefficient (Wildman–Crippen LogP) is 1.34. The molecule has 2 rings (SSSR count). The molecule has 1 heterocycles. The van der Waals surface area contributed by atoms with E-state index in [0.717, 1.165) is 25.7 Å². The molecule has 5 nitrogen and oxygen atoms in total. The third-order valence-corrected chi connectivity index (χ3v) is 3.53. The summed E-state index contributed by atoms with van der Waals surface area (Å²) in [4.78, 5) is 12.2. The minimum atomic E-state index is -0.236. The molecule has 5 heteroatoms. The van der Waals surface area contributed by atoms with Gasteiger partial charge in [-0.05, 0) is 19.8 Å². The molecule has 18 heavy (non-hydrogen) atoms. The van der Waals surface area contributed by atoms with Crippen molar-refractivity contribution in [3.8, 4) is 0 Å². The standard InChI is InChI=1S/C13H21NO4/c1-10-11(18-8-7-17-10)12(15)14-13(9-16-2)5-3-4-6-13/h3-9H2,1-2H3,(H,14,15). The van der Waals surface area contributed by atoms with Gasteiger partial charge in [-0.1, -0.05) is 12.8 Å². The maximum atomic E-state index is 12.2. The van der Waals surface area contributed by atoms with Crippen molar-refractivity contribution in [2.75, 3.05) is 26.9 Å². The number of carbonyl (C=O) groups is 1. The van der Waals surface area contributed by atoms with Crippen LogP contribution in [0.1, 0.15) is 32.6 Å².